The Hall–Kier alpha value is -3.62. The molecular weight excluding hydrogens is 493 g/mol. The number of rotatable bonds is 8. The molecule has 0 amide bonds. The Balaban J connectivity index is 1.36. The first kappa shape index (κ1) is 27.4. The molecule has 0 unspecified atom stereocenters. The van der Waals surface area contributed by atoms with Crippen LogP contribution < -0.4 is 9.64 Å². The summed E-state index contributed by atoms with van der Waals surface area (Å²) in [6.45, 7) is 9.26. The molecular formula is C29H33F3N4O2. The van der Waals surface area contributed by atoms with E-state index in [1.165, 1.54) is 18.3 Å². The summed E-state index contributed by atoms with van der Waals surface area (Å²) in [6, 6.07) is 6.47. The number of hydrogen-bond acceptors (Lipinski definition) is 6. The maximum Gasteiger partial charge on any atom is 0.225 e. The largest absolute Gasteiger partial charge is 0.487 e. The van der Waals surface area contributed by atoms with Crippen molar-refractivity contribution in [2.45, 2.75) is 52.6 Å². The van der Waals surface area contributed by atoms with Crippen LogP contribution in [0.2, 0.25) is 0 Å². The van der Waals surface area contributed by atoms with Crippen molar-refractivity contribution in [3.8, 4) is 16.9 Å². The van der Waals surface area contributed by atoms with Crippen molar-refractivity contribution in [2.75, 3.05) is 24.6 Å². The Bertz CT molecular complexity index is 1240. The minimum atomic E-state index is -0.870. The van der Waals surface area contributed by atoms with Gasteiger partial charge in [-0.1, -0.05) is 24.2 Å². The van der Waals surface area contributed by atoms with E-state index in [4.69, 9.17) is 9.57 Å². The average Bonchev–Trinajstić information content (AvgIpc) is 2.88. The number of aromatic nitrogens is 2. The second-order valence-electron chi connectivity index (χ2n) is 10.4. The minimum Gasteiger partial charge on any atom is -0.487 e. The van der Waals surface area contributed by atoms with E-state index >= 15 is 0 Å². The number of oxime groups is 1. The van der Waals surface area contributed by atoms with Gasteiger partial charge in [0.2, 0.25) is 5.95 Å². The van der Waals surface area contributed by atoms with Crippen LogP contribution in [-0.4, -0.2) is 41.5 Å². The highest BCUT2D eigenvalue weighted by Crippen LogP contribution is 2.32. The number of ether oxygens (including phenoxy) is 1. The van der Waals surface area contributed by atoms with Crippen LogP contribution >= 0.6 is 0 Å². The molecule has 6 nitrogen and oxygen atoms in total. The Morgan fingerprint density at radius 2 is 1.66 bits per heavy atom. The van der Waals surface area contributed by atoms with Gasteiger partial charge in [0.05, 0.1) is 12.8 Å². The lowest BCUT2D eigenvalue weighted by Gasteiger charge is -2.31. The Kier molecular flexibility index (Phi) is 8.54. The van der Waals surface area contributed by atoms with Gasteiger partial charge in [0.1, 0.15) is 11.4 Å². The zero-order valence-corrected chi connectivity index (χ0v) is 22.2. The van der Waals surface area contributed by atoms with Crippen molar-refractivity contribution >= 4 is 12.2 Å². The molecule has 1 fully saturated rings. The predicted molar refractivity (Wildman–Crippen MR) is 142 cm³/mol. The predicted octanol–water partition coefficient (Wildman–Crippen LogP) is 6.57. The number of piperidine rings is 1. The fraction of sp³-hybridized carbons (Fsp3) is 0.414. The molecule has 0 atom stereocenters. The standard InChI is InChI=1S/C29H33F3N4O2/c1-5-19-15-33-28(34-16-19)36-10-8-20(9-11-36)18-37-27-25(31)13-22(14-26(27)32)23-7-6-21(12-24(23)30)17-35-38-29(2,3)4/h6-7,12-17,20H,5,8-11,18H2,1-4H3/b35-17+. The van der Waals surface area contributed by atoms with Gasteiger partial charge in [-0.3, -0.25) is 0 Å². The van der Waals surface area contributed by atoms with E-state index in [1.807, 2.05) is 33.2 Å². The van der Waals surface area contributed by atoms with Crippen LogP contribution in [0.1, 0.15) is 51.7 Å². The summed E-state index contributed by atoms with van der Waals surface area (Å²) in [5.41, 5.74) is 1.24. The van der Waals surface area contributed by atoms with Crippen molar-refractivity contribution in [3.63, 3.8) is 0 Å². The highest BCUT2D eigenvalue weighted by Gasteiger charge is 2.23. The second-order valence-corrected chi connectivity index (χ2v) is 10.4. The third-order valence-electron chi connectivity index (χ3n) is 6.29. The van der Waals surface area contributed by atoms with Gasteiger partial charge in [-0.05, 0) is 80.8 Å². The van der Waals surface area contributed by atoms with Crippen LogP contribution in [0.3, 0.4) is 0 Å². The molecule has 0 N–H and O–H groups in total. The first-order chi connectivity index (χ1) is 18.1. The van der Waals surface area contributed by atoms with E-state index in [9.17, 15) is 13.2 Å². The minimum absolute atomic E-state index is 0.0739. The first-order valence-corrected chi connectivity index (χ1v) is 12.8. The number of aryl methyl sites for hydroxylation is 1. The number of anilines is 1. The summed E-state index contributed by atoms with van der Waals surface area (Å²) in [5, 5.41) is 3.84. The third kappa shape index (κ3) is 7.02. The number of hydrogen-bond donors (Lipinski definition) is 0. The first-order valence-electron chi connectivity index (χ1n) is 12.8. The van der Waals surface area contributed by atoms with Crippen LogP contribution in [-0.2, 0) is 11.3 Å². The summed E-state index contributed by atoms with van der Waals surface area (Å²) in [5.74, 6) is -1.97. The number of halogens is 3. The molecule has 0 spiro atoms. The summed E-state index contributed by atoms with van der Waals surface area (Å²) in [7, 11) is 0. The summed E-state index contributed by atoms with van der Waals surface area (Å²) >= 11 is 0. The molecule has 4 rings (SSSR count). The van der Waals surface area contributed by atoms with Gasteiger partial charge in [0, 0.05) is 31.0 Å². The van der Waals surface area contributed by atoms with Gasteiger partial charge < -0.3 is 14.5 Å². The van der Waals surface area contributed by atoms with Crippen LogP contribution in [0.15, 0.2) is 47.9 Å². The Morgan fingerprint density at radius 1 is 1.00 bits per heavy atom. The normalized spacial score (nSPS) is 14.8. The fourth-order valence-corrected chi connectivity index (χ4v) is 4.14. The highest BCUT2D eigenvalue weighted by atomic mass is 19.1. The van der Waals surface area contributed by atoms with Gasteiger partial charge in [-0.2, -0.15) is 0 Å². The molecule has 202 valence electrons. The van der Waals surface area contributed by atoms with Crippen molar-refractivity contribution in [3.05, 3.63) is 71.3 Å². The number of benzene rings is 2. The Labute approximate surface area is 221 Å². The molecule has 2 heterocycles. The molecule has 2 aromatic carbocycles. The molecule has 0 radical (unpaired) electrons. The fourth-order valence-electron chi connectivity index (χ4n) is 4.14. The lowest BCUT2D eigenvalue weighted by atomic mass is 9.98. The van der Waals surface area contributed by atoms with E-state index in [0.717, 1.165) is 50.0 Å². The smallest absolute Gasteiger partial charge is 0.225 e. The third-order valence-corrected chi connectivity index (χ3v) is 6.29. The summed E-state index contributed by atoms with van der Waals surface area (Å²) in [4.78, 5) is 16.2. The van der Waals surface area contributed by atoms with Crippen molar-refractivity contribution in [1.29, 1.82) is 0 Å². The van der Waals surface area contributed by atoms with Gasteiger partial charge >= 0.3 is 0 Å². The lowest BCUT2D eigenvalue weighted by molar-refractivity contribution is 0.00199. The molecule has 3 aromatic rings. The SMILES string of the molecule is CCc1cnc(N2CCC(COc3c(F)cc(-c4ccc(/C=N/OC(C)(C)C)cc4F)cc3F)CC2)nc1. The van der Waals surface area contributed by atoms with Crippen LogP contribution in [0.5, 0.6) is 5.75 Å². The molecule has 1 aromatic heterocycles. The average molecular weight is 527 g/mol. The van der Waals surface area contributed by atoms with Crippen LogP contribution in [0.25, 0.3) is 11.1 Å². The van der Waals surface area contributed by atoms with E-state index in [1.54, 1.807) is 6.07 Å². The second kappa shape index (κ2) is 11.8. The zero-order chi connectivity index (χ0) is 27.3. The van der Waals surface area contributed by atoms with Gasteiger partial charge in [0.25, 0.3) is 0 Å². The summed E-state index contributed by atoms with van der Waals surface area (Å²) in [6.07, 6.45) is 7.53. The molecule has 9 heteroatoms. The number of nitrogens with zero attached hydrogens (tertiary/aromatic N) is 4. The van der Waals surface area contributed by atoms with Crippen LogP contribution in [0, 0.1) is 23.4 Å². The van der Waals surface area contributed by atoms with Crippen molar-refractivity contribution < 1.29 is 22.7 Å². The van der Waals surface area contributed by atoms with E-state index < -0.39 is 28.8 Å². The van der Waals surface area contributed by atoms with Crippen molar-refractivity contribution in [2.24, 2.45) is 11.1 Å². The van der Waals surface area contributed by atoms with E-state index in [2.05, 4.69) is 26.9 Å². The van der Waals surface area contributed by atoms with Gasteiger partial charge in [-0.25, -0.2) is 23.1 Å². The lowest BCUT2D eigenvalue weighted by Crippen LogP contribution is -2.36. The molecule has 0 bridgehead atoms. The summed E-state index contributed by atoms with van der Waals surface area (Å²) < 4.78 is 50.0. The molecule has 0 saturated carbocycles. The van der Waals surface area contributed by atoms with Crippen molar-refractivity contribution in [1.82, 2.24) is 9.97 Å². The Morgan fingerprint density at radius 3 is 2.24 bits per heavy atom. The molecule has 0 aliphatic carbocycles. The van der Waals surface area contributed by atoms with Gasteiger partial charge in [0.15, 0.2) is 17.4 Å². The molecule has 1 saturated heterocycles. The zero-order valence-electron chi connectivity index (χ0n) is 22.2. The van der Waals surface area contributed by atoms with E-state index in [0.29, 0.717) is 11.5 Å². The maximum atomic E-state index is 14.8. The topological polar surface area (TPSA) is 59.8 Å². The maximum absolute atomic E-state index is 14.8. The van der Waals surface area contributed by atoms with Gasteiger partial charge in [-0.15, -0.1) is 0 Å². The highest BCUT2D eigenvalue weighted by molar-refractivity contribution is 5.81. The molecule has 1 aliphatic heterocycles. The van der Waals surface area contributed by atoms with E-state index in [-0.39, 0.29) is 23.7 Å². The molecule has 1 aliphatic rings. The van der Waals surface area contributed by atoms with Crippen LogP contribution in [0.4, 0.5) is 19.1 Å². The quantitative estimate of drug-likeness (QED) is 0.246. The monoisotopic (exact) mass is 526 g/mol. The molecule has 38 heavy (non-hydrogen) atoms.